The van der Waals surface area contributed by atoms with E-state index in [0.717, 1.165) is 5.69 Å². The van der Waals surface area contributed by atoms with Gasteiger partial charge in [-0.3, -0.25) is 4.98 Å². The maximum absolute atomic E-state index is 13.5. The van der Waals surface area contributed by atoms with E-state index in [-0.39, 0.29) is 10.8 Å². The lowest BCUT2D eigenvalue weighted by Crippen LogP contribution is -1.93. The van der Waals surface area contributed by atoms with Gasteiger partial charge >= 0.3 is 0 Å². The molecule has 0 amide bonds. The van der Waals surface area contributed by atoms with E-state index < -0.39 is 11.6 Å². The summed E-state index contributed by atoms with van der Waals surface area (Å²) in [5, 5.41) is -0.00508. The lowest BCUT2D eigenvalue weighted by molar-refractivity contribution is 0.589. The number of halogens is 2. The van der Waals surface area contributed by atoms with Crippen molar-refractivity contribution in [2.75, 3.05) is 0 Å². The van der Waals surface area contributed by atoms with Crippen LogP contribution in [0.4, 0.5) is 8.78 Å². The highest BCUT2D eigenvalue weighted by Crippen LogP contribution is 2.26. The quantitative estimate of drug-likeness (QED) is 0.795. The van der Waals surface area contributed by atoms with E-state index in [1.54, 1.807) is 12.1 Å². The Morgan fingerprint density at radius 3 is 2.24 bits per heavy atom. The fourth-order valence-corrected chi connectivity index (χ4v) is 1.73. The minimum absolute atomic E-state index is 0.00508. The Labute approximate surface area is 104 Å². The molecular formula is C13H11F2NS. The summed E-state index contributed by atoms with van der Waals surface area (Å²) in [5.74, 6) is -1.17. The molecule has 0 aliphatic heterocycles. The van der Waals surface area contributed by atoms with Crippen molar-refractivity contribution in [1.29, 1.82) is 0 Å². The minimum Gasteiger partial charge on any atom is -0.259 e. The predicted octanol–water partition coefficient (Wildman–Crippen LogP) is 4.02. The van der Waals surface area contributed by atoms with Crippen molar-refractivity contribution in [3.8, 4) is 11.1 Å². The lowest BCUT2D eigenvalue weighted by atomic mass is 10.1. The maximum atomic E-state index is 13.5. The molecule has 88 valence electrons. The Hall–Kier alpha value is -1.42. The van der Waals surface area contributed by atoms with Crippen LogP contribution in [0.2, 0.25) is 0 Å². The van der Waals surface area contributed by atoms with Crippen molar-refractivity contribution < 1.29 is 8.78 Å². The zero-order valence-corrected chi connectivity index (χ0v) is 10.1. The van der Waals surface area contributed by atoms with Crippen LogP contribution in [0.25, 0.3) is 11.1 Å². The van der Waals surface area contributed by atoms with Crippen molar-refractivity contribution in [1.82, 2.24) is 4.98 Å². The first-order chi connectivity index (χ1) is 8.09. The third-order valence-electron chi connectivity index (χ3n) is 2.47. The van der Waals surface area contributed by atoms with Crippen molar-refractivity contribution in [2.24, 2.45) is 0 Å². The van der Waals surface area contributed by atoms with E-state index in [9.17, 15) is 8.78 Å². The van der Waals surface area contributed by atoms with Crippen LogP contribution in [0.1, 0.15) is 17.9 Å². The molecule has 1 atom stereocenters. The molecule has 1 nitrogen and oxygen atoms in total. The Morgan fingerprint density at radius 2 is 1.76 bits per heavy atom. The fourth-order valence-electron chi connectivity index (χ4n) is 1.57. The van der Waals surface area contributed by atoms with E-state index in [2.05, 4.69) is 17.6 Å². The Kier molecular flexibility index (Phi) is 3.43. The SMILES string of the molecule is CC(S)c1ccc(-c2c(F)cccc2F)cn1. The molecule has 1 aromatic carbocycles. The largest absolute Gasteiger partial charge is 0.259 e. The normalized spacial score (nSPS) is 12.5. The van der Waals surface area contributed by atoms with E-state index in [1.165, 1.54) is 24.4 Å². The second kappa shape index (κ2) is 4.84. The summed E-state index contributed by atoms with van der Waals surface area (Å²) in [7, 11) is 0. The van der Waals surface area contributed by atoms with Crippen LogP contribution in [0.15, 0.2) is 36.5 Å². The van der Waals surface area contributed by atoms with Crippen LogP contribution in [0.3, 0.4) is 0 Å². The van der Waals surface area contributed by atoms with Crippen LogP contribution in [-0.4, -0.2) is 4.98 Å². The van der Waals surface area contributed by atoms with Gasteiger partial charge in [0.25, 0.3) is 0 Å². The highest BCUT2D eigenvalue weighted by Gasteiger charge is 2.11. The summed E-state index contributed by atoms with van der Waals surface area (Å²) in [6, 6.07) is 7.17. The van der Waals surface area contributed by atoms with Gasteiger partial charge in [-0.25, -0.2) is 8.78 Å². The molecule has 0 N–H and O–H groups in total. The second-order valence-electron chi connectivity index (χ2n) is 3.74. The van der Waals surface area contributed by atoms with Gasteiger partial charge in [-0.15, -0.1) is 0 Å². The summed E-state index contributed by atoms with van der Waals surface area (Å²) in [6.45, 7) is 1.88. The molecule has 1 heterocycles. The van der Waals surface area contributed by atoms with Gasteiger partial charge in [0.15, 0.2) is 0 Å². The van der Waals surface area contributed by atoms with Gasteiger partial charge < -0.3 is 0 Å². The van der Waals surface area contributed by atoms with Crippen molar-refractivity contribution >= 4 is 12.6 Å². The molecule has 4 heteroatoms. The zero-order chi connectivity index (χ0) is 12.4. The highest BCUT2D eigenvalue weighted by molar-refractivity contribution is 7.80. The van der Waals surface area contributed by atoms with Crippen LogP contribution < -0.4 is 0 Å². The van der Waals surface area contributed by atoms with E-state index in [1.807, 2.05) is 6.92 Å². The van der Waals surface area contributed by atoms with E-state index in [0.29, 0.717) is 5.56 Å². The summed E-state index contributed by atoms with van der Waals surface area (Å²) in [4.78, 5) is 4.13. The van der Waals surface area contributed by atoms with E-state index >= 15 is 0 Å². The molecule has 0 radical (unpaired) electrons. The van der Waals surface area contributed by atoms with Gasteiger partial charge in [-0.05, 0) is 25.1 Å². The molecule has 0 spiro atoms. The number of benzene rings is 1. The smallest absolute Gasteiger partial charge is 0.134 e. The molecule has 0 aliphatic carbocycles. The number of aromatic nitrogens is 1. The summed E-state index contributed by atoms with van der Waals surface area (Å²) in [6.07, 6.45) is 1.46. The lowest BCUT2D eigenvalue weighted by Gasteiger charge is -2.07. The number of nitrogens with zero attached hydrogens (tertiary/aromatic N) is 1. The third kappa shape index (κ3) is 2.47. The molecule has 0 bridgehead atoms. The van der Waals surface area contributed by atoms with Crippen molar-refractivity contribution in [2.45, 2.75) is 12.2 Å². The van der Waals surface area contributed by atoms with Gasteiger partial charge in [0.2, 0.25) is 0 Å². The number of hydrogen-bond acceptors (Lipinski definition) is 2. The first kappa shape index (κ1) is 12.0. The molecular weight excluding hydrogens is 240 g/mol. The molecule has 17 heavy (non-hydrogen) atoms. The summed E-state index contributed by atoms with van der Waals surface area (Å²) < 4.78 is 27.0. The third-order valence-corrected chi connectivity index (χ3v) is 2.73. The van der Waals surface area contributed by atoms with Crippen LogP contribution in [0.5, 0.6) is 0 Å². The molecule has 2 aromatic rings. The van der Waals surface area contributed by atoms with Crippen molar-refractivity contribution in [3.63, 3.8) is 0 Å². The first-order valence-electron chi connectivity index (χ1n) is 5.18. The van der Waals surface area contributed by atoms with Crippen LogP contribution >= 0.6 is 12.6 Å². The van der Waals surface area contributed by atoms with Gasteiger partial charge in [-0.1, -0.05) is 12.1 Å². The monoisotopic (exact) mass is 251 g/mol. The summed E-state index contributed by atoms with van der Waals surface area (Å²) >= 11 is 4.24. The molecule has 1 unspecified atom stereocenters. The number of hydrogen-bond donors (Lipinski definition) is 1. The number of thiol groups is 1. The second-order valence-corrected chi connectivity index (χ2v) is 4.52. The van der Waals surface area contributed by atoms with Crippen molar-refractivity contribution in [3.05, 3.63) is 53.9 Å². The molecule has 1 aromatic heterocycles. The molecule has 2 rings (SSSR count). The molecule has 0 fully saturated rings. The molecule has 0 aliphatic rings. The van der Waals surface area contributed by atoms with Gasteiger partial charge in [0, 0.05) is 17.0 Å². The molecule has 0 saturated heterocycles. The van der Waals surface area contributed by atoms with Crippen LogP contribution in [0, 0.1) is 11.6 Å². The maximum Gasteiger partial charge on any atom is 0.134 e. The predicted molar refractivity (Wildman–Crippen MR) is 67.0 cm³/mol. The standard InChI is InChI=1S/C13H11F2NS/c1-8(17)12-6-5-9(7-16-12)13-10(14)3-2-4-11(13)15/h2-8,17H,1H3. The zero-order valence-electron chi connectivity index (χ0n) is 9.19. The van der Waals surface area contributed by atoms with E-state index in [4.69, 9.17) is 0 Å². The Balaban J connectivity index is 2.47. The topological polar surface area (TPSA) is 12.9 Å². The van der Waals surface area contributed by atoms with Gasteiger partial charge in [-0.2, -0.15) is 12.6 Å². The minimum atomic E-state index is -0.585. The van der Waals surface area contributed by atoms with Gasteiger partial charge in [0.05, 0.1) is 11.3 Å². The Bertz CT molecular complexity index is 503. The average molecular weight is 251 g/mol. The summed E-state index contributed by atoms with van der Waals surface area (Å²) in [5.41, 5.74) is 1.16. The number of pyridine rings is 1. The average Bonchev–Trinajstić information content (AvgIpc) is 2.29. The number of rotatable bonds is 2. The Morgan fingerprint density at radius 1 is 1.12 bits per heavy atom. The van der Waals surface area contributed by atoms with Gasteiger partial charge in [0.1, 0.15) is 11.6 Å². The highest BCUT2D eigenvalue weighted by atomic mass is 32.1. The molecule has 0 saturated carbocycles. The van der Waals surface area contributed by atoms with Crippen LogP contribution in [-0.2, 0) is 0 Å². The fraction of sp³-hybridized carbons (Fsp3) is 0.154. The first-order valence-corrected chi connectivity index (χ1v) is 5.69.